The molecule has 96 valence electrons. The second kappa shape index (κ2) is 5.25. The molecular weight excluding hydrogens is 224 g/mol. The molecular formula is C15H20N2O. The second-order valence-corrected chi connectivity index (χ2v) is 4.90. The van der Waals surface area contributed by atoms with Crippen molar-refractivity contribution in [2.45, 2.75) is 40.3 Å². The Hall–Kier alpha value is -1.77. The maximum atomic E-state index is 12.1. The largest absolute Gasteiger partial charge is 0.328 e. The number of aryl methyl sites for hydroxylation is 3. The number of rotatable bonds is 4. The molecule has 0 N–H and O–H groups in total. The van der Waals surface area contributed by atoms with Gasteiger partial charge in [0.25, 0.3) is 0 Å². The average molecular weight is 244 g/mol. The van der Waals surface area contributed by atoms with E-state index in [2.05, 4.69) is 39.0 Å². The summed E-state index contributed by atoms with van der Waals surface area (Å²) in [6, 6.07) is 6.42. The van der Waals surface area contributed by atoms with Crippen LogP contribution in [0.15, 0.2) is 35.4 Å². The highest BCUT2D eigenvalue weighted by Gasteiger charge is 2.04. The summed E-state index contributed by atoms with van der Waals surface area (Å²) < 4.78 is 3.53. The van der Waals surface area contributed by atoms with Crippen LogP contribution in [0.1, 0.15) is 30.0 Å². The van der Waals surface area contributed by atoms with Crippen LogP contribution in [-0.4, -0.2) is 9.13 Å². The minimum Gasteiger partial charge on any atom is -0.299 e. The van der Waals surface area contributed by atoms with E-state index in [0.717, 1.165) is 13.0 Å². The van der Waals surface area contributed by atoms with Gasteiger partial charge in [-0.3, -0.25) is 9.13 Å². The monoisotopic (exact) mass is 244 g/mol. The molecule has 0 aliphatic rings. The Morgan fingerprint density at radius 3 is 2.22 bits per heavy atom. The maximum absolute atomic E-state index is 12.1. The van der Waals surface area contributed by atoms with Gasteiger partial charge in [-0.2, -0.15) is 0 Å². The Kier molecular flexibility index (Phi) is 3.70. The summed E-state index contributed by atoms with van der Waals surface area (Å²) in [6.07, 6.45) is 4.72. The summed E-state index contributed by atoms with van der Waals surface area (Å²) in [7, 11) is 0. The molecule has 2 aromatic rings. The Balaban J connectivity index is 2.26. The number of aromatic nitrogens is 2. The molecule has 0 saturated heterocycles. The lowest BCUT2D eigenvalue weighted by Gasteiger charge is -2.05. The molecule has 0 aliphatic heterocycles. The topological polar surface area (TPSA) is 26.9 Å². The smallest absolute Gasteiger partial charge is 0.299 e. The van der Waals surface area contributed by atoms with E-state index >= 15 is 0 Å². The van der Waals surface area contributed by atoms with E-state index in [4.69, 9.17) is 0 Å². The fourth-order valence-electron chi connectivity index (χ4n) is 2.34. The van der Waals surface area contributed by atoms with Gasteiger partial charge in [0.1, 0.15) is 0 Å². The third kappa shape index (κ3) is 2.73. The van der Waals surface area contributed by atoms with Crippen LogP contribution in [-0.2, 0) is 13.1 Å². The van der Waals surface area contributed by atoms with Gasteiger partial charge < -0.3 is 0 Å². The predicted molar refractivity (Wildman–Crippen MR) is 74.0 cm³/mol. The molecule has 0 unspecified atom stereocenters. The van der Waals surface area contributed by atoms with Crippen molar-refractivity contribution in [3.8, 4) is 0 Å². The van der Waals surface area contributed by atoms with Crippen LogP contribution in [0, 0.1) is 13.8 Å². The molecule has 1 heterocycles. The van der Waals surface area contributed by atoms with E-state index in [0.29, 0.717) is 6.54 Å². The molecule has 0 saturated carbocycles. The summed E-state index contributed by atoms with van der Waals surface area (Å²) in [6.45, 7) is 7.69. The number of hydrogen-bond acceptors (Lipinski definition) is 1. The van der Waals surface area contributed by atoms with E-state index in [1.54, 1.807) is 9.13 Å². The average Bonchev–Trinajstić information content (AvgIpc) is 2.61. The van der Waals surface area contributed by atoms with Crippen molar-refractivity contribution in [3.05, 3.63) is 57.8 Å². The first kappa shape index (κ1) is 12.7. The summed E-state index contributed by atoms with van der Waals surface area (Å²) in [5, 5.41) is 0. The van der Waals surface area contributed by atoms with Crippen molar-refractivity contribution < 1.29 is 0 Å². The van der Waals surface area contributed by atoms with Crippen LogP contribution < -0.4 is 5.69 Å². The highest BCUT2D eigenvalue weighted by molar-refractivity contribution is 5.28. The zero-order chi connectivity index (χ0) is 13.1. The van der Waals surface area contributed by atoms with E-state index in [9.17, 15) is 4.79 Å². The van der Waals surface area contributed by atoms with Crippen LogP contribution in [0.2, 0.25) is 0 Å². The van der Waals surface area contributed by atoms with Crippen molar-refractivity contribution in [2.75, 3.05) is 0 Å². The zero-order valence-corrected chi connectivity index (χ0v) is 11.3. The normalized spacial score (nSPS) is 10.8. The third-order valence-electron chi connectivity index (χ3n) is 3.02. The lowest BCUT2D eigenvalue weighted by atomic mass is 10.1. The standard InChI is InChI=1S/C15H20N2O/c1-4-5-16-6-7-17(15(16)18)11-14-9-12(2)8-13(3)10-14/h6-10H,4-5,11H2,1-3H3. The van der Waals surface area contributed by atoms with E-state index in [1.165, 1.54) is 16.7 Å². The molecule has 3 nitrogen and oxygen atoms in total. The van der Waals surface area contributed by atoms with Crippen molar-refractivity contribution >= 4 is 0 Å². The summed E-state index contributed by atoms with van der Waals surface area (Å²) >= 11 is 0. The molecule has 0 atom stereocenters. The minimum absolute atomic E-state index is 0.0796. The van der Waals surface area contributed by atoms with Crippen molar-refractivity contribution in [2.24, 2.45) is 0 Å². The van der Waals surface area contributed by atoms with Gasteiger partial charge in [0.15, 0.2) is 0 Å². The van der Waals surface area contributed by atoms with Crippen LogP contribution >= 0.6 is 0 Å². The fourth-order valence-corrected chi connectivity index (χ4v) is 2.34. The van der Waals surface area contributed by atoms with Gasteiger partial charge in [0, 0.05) is 18.9 Å². The Bertz CT molecular complexity index is 573. The van der Waals surface area contributed by atoms with E-state index in [-0.39, 0.29) is 5.69 Å². The van der Waals surface area contributed by atoms with Crippen molar-refractivity contribution in [3.63, 3.8) is 0 Å². The first-order chi connectivity index (χ1) is 8.60. The van der Waals surface area contributed by atoms with Gasteiger partial charge in [-0.15, -0.1) is 0 Å². The number of imidazole rings is 1. The molecule has 0 spiro atoms. The quantitative estimate of drug-likeness (QED) is 0.812. The summed E-state index contributed by atoms with van der Waals surface area (Å²) in [5.41, 5.74) is 3.75. The zero-order valence-electron chi connectivity index (χ0n) is 11.3. The minimum atomic E-state index is 0.0796. The number of benzene rings is 1. The molecule has 0 amide bonds. The van der Waals surface area contributed by atoms with Gasteiger partial charge in [0.05, 0.1) is 6.54 Å². The Morgan fingerprint density at radius 1 is 1.00 bits per heavy atom. The SMILES string of the molecule is CCCn1ccn(Cc2cc(C)cc(C)c2)c1=O. The second-order valence-electron chi connectivity index (χ2n) is 4.90. The van der Waals surface area contributed by atoms with Crippen molar-refractivity contribution in [1.82, 2.24) is 9.13 Å². The fraction of sp³-hybridized carbons (Fsp3) is 0.400. The van der Waals surface area contributed by atoms with Crippen molar-refractivity contribution in [1.29, 1.82) is 0 Å². The first-order valence-electron chi connectivity index (χ1n) is 6.43. The van der Waals surface area contributed by atoms with Crippen LogP contribution in [0.5, 0.6) is 0 Å². The lowest BCUT2D eigenvalue weighted by Crippen LogP contribution is -2.24. The Morgan fingerprint density at radius 2 is 1.61 bits per heavy atom. The molecule has 0 aliphatic carbocycles. The van der Waals surface area contributed by atoms with E-state index < -0.39 is 0 Å². The molecule has 0 bridgehead atoms. The van der Waals surface area contributed by atoms with Crippen LogP contribution in [0.25, 0.3) is 0 Å². The predicted octanol–water partition coefficient (Wildman–Crippen LogP) is 2.72. The molecule has 0 radical (unpaired) electrons. The van der Waals surface area contributed by atoms with Gasteiger partial charge in [-0.05, 0) is 25.8 Å². The van der Waals surface area contributed by atoms with Gasteiger partial charge in [-0.1, -0.05) is 36.2 Å². The highest BCUT2D eigenvalue weighted by atomic mass is 16.1. The van der Waals surface area contributed by atoms with Gasteiger partial charge >= 0.3 is 5.69 Å². The first-order valence-corrected chi connectivity index (χ1v) is 6.43. The van der Waals surface area contributed by atoms with Crippen LogP contribution in [0.3, 0.4) is 0 Å². The third-order valence-corrected chi connectivity index (χ3v) is 3.02. The molecule has 1 aromatic heterocycles. The molecule has 3 heteroatoms. The summed E-state index contributed by atoms with van der Waals surface area (Å²) in [5.74, 6) is 0. The molecule has 18 heavy (non-hydrogen) atoms. The molecule has 0 fully saturated rings. The molecule has 1 aromatic carbocycles. The number of nitrogens with zero attached hydrogens (tertiary/aromatic N) is 2. The maximum Gasteiger partial charge on any atom is 0.328 e. The number of hydrogen-bond donors (Lipinski definition) is 0. The molecule has 2 rings (SSSR count). The van der Waals surface area contributed by atoms with Gasteiger partial charge in [-0.25, -0.2) is 4.79 Å². The van der Waals surface area contributed by atoms with E-state index in [1.807, 2.05) is 12.4 Å². The lowest BCUT2D eigenvalue weighted by molar-refractivity contribution is 0.624. The highest BCUT2D eigenvalue weighted by Crippen LogP contribution is 2.09. The van der Waals surface area contributed by atoms with Gasteiger partial charge in [0.2, 0.25) is 0 Å². The Labute approximate surface area is 108 Å². The summed E-state index contributed by atoms with van der Waals surface area (Å²) in [4.78, 5) is 12.1. The van der Waals surface area contributed by atoms with Crippen LogP contribution in [0.4, 0.5) is 0 Å².